The van der Waals surface area contributed by atoms with Crippen molar-refractivity contribution in [2.75, 3.05) is 13.1 Å². The SMILES string of the molecule is C/C=C(/C(=O)N1CCC(C)(c2ccc(F)cc2C(C)=O)CC1)c1ccc(Cl)cc1CCc1cc(C)nnc1Cl. The van der Waals surface area contributed by atoms with Crippen LogP contribution in [-0.4, -0.2) is 39.9 Å². The van der Waals surface area contributed by atoms with Gasteiger partial charge in [0.2, 0.25) is 0 Å². The number of piperidine rings is 1. The van der Waals surface area contributed by atoms with Gasteiger partial charge in [0.05, 0.1) is 5.69 Å². The predicted octanol–water partition coefficient (Wildman–Crippen LogP) is 7.20. The maximum absolute atomic E-state index is 13.9. The standard InChI is InChI=1S/C31H32Cl2FN3O2/c1-5-25(26-10-8-23(32)17-21(26)6-7-22-16-19(2)35-36-29(22)33)30(39)37-14-12-31(4,13-15-37)28-11-9-24(34)18-27(28)20(3)38/h5,8-11,16-18H,6-7,12-15H2,1-4H3/b25-5+. The first kappa shape index (κ1) is 28.9. The highest BCUT2D eigenvalue weighted by Crippen LogP contribution is 2.38. The Morgan fingerprint density at radius 2 is 1.69 bits per heavy atom. The molecule has 204 valence electrons. The summed E-state index contributed by atoms with van der Waals surface area (Å²) >= 11 is 12.6. The lowest BCUT2D eigenvalue weighted by molar-refractivity contribution is -0.126. The first-order chi connectivity index (χ1) is 18.5. The van der Waals surface area contributed by atoms with E-state index in [0.717, 1.165) is 27.9 Å². The van der Waals surface area contributed by atoms with E-state index < -0.39 is 5.82 Å². The van der Waals surface area contributed by atoms with Crippen LogP contribution in [0.25, 0.3) is 5.57 Å². The summed E-state index contributed by atoms with van der Waals surface area (Å²) in [5, 5.41) is 8.97. The number of hydrogen-bond donors (Lipinski definition) is 0. The summed E-state index contributed by atoms with van der Waals surface area (Å²) in [5.41, 5.74) is 5.02. The van der Waals surface area contributed by atoms with Crippen molar-refractivity contribution in [1.82, 2.24) is 15.1 Å². The number of carbonyl (C=O) groups is 2. The van der Waals surface area contributed by atoms with Crippen molar-refractivity contribution in [2.45, 2.75) is 58.8 Å². The van der Waals surface area contributed by atoms with Crippen LogP contribution < -0.4 is 0 Å². The molecule has 2 aromatic carbocycles. The summed E-state index contributed by atoms with van der Waals surface area (Å²) in [6.45, 7) is 8.34. The number of rotatable bonds is 7. The summed E-state index contributed by atoms with van der Waals surface area (Å²) in [6.07, 6.45) is 4.44. The molecule has 0 atom stereocenters. The zero-order valence-corrected chi connectivity index (χ0v) is 24.2. The fourth-order valence-corrected chi connectivity index (χ4v) is 5.76. The lowest BCUT2D eigenvalue weighted by atomic mass is 9.72. The zero-order valence-electron chi connectivity index (χ0n) is 22.7. The molecule has 5 nitrogen and oxygen atoms in total. The number of halogens is 3. The molecule has 3 aromatic rings. The zero-order chi connectivity index (χ0) is 28.3. The first-order valence-corrected chi connectivity index (χ1v) is 13.8. The molecular weight excluding hydrogens is 536 g/mol. The van der Waals surface area contributed by atoms with Gasteiger partial charge in [-0.15, -0.1) is 5.10 Å². The molecule has 1 aliphatic heterocycles. The Balaban J connectivity index is 1.54. The minimum atomic E-state index is -0.422. The van der Waals surface area contributed by atoms with E-state index in [1.165, 1.54) is 19.1 Å². The van der Waals surface area contributed by atoms with Crippen LogP contribution in [0.15, 0.2) is 48.5 Å². The first-order valence-electron chi connectivity index (χ1n) is 13.1. The van der Waals surface area contributed by atoms with Gasteiger partial charge in [0.15, 0.2) is 10.9 Å². The molecule has 1 fully saturated rings. The number of allylic oxidation sites excluding steroid dienone is 1. The molecule has 1 aromatic heterocycles. The van der Waals surface area contributed by atoms with Crippen LogP contribution in [0.3, 0.4) is 0 Å². The average Bonchev–Trinajstić information content (AvgIpc) is 2.90. The Labute approximate surface area is 239 Å². The number of ketones is 1. The third-order valence-electron chi connectivity index (χ3n) is 7.65. The molecule has 0 N–H and O–H groups in total. The Bertz CT molecular complexity index is 1450. The van der Waals surface area contributed by atoms with E-state index in [4.69, 9.17) is 23.2 Å². The van der Waals surface area contributed by atoms with Gasteiger partial charge in [0.1, 0.15) is 5.82 Å². The minimum absolute atomic E-state index is 0.0477. The van der Waals surface area contributed by atoms with Crippen molar-refractivity contribution in [2.24, 2.45) is 0 Å². The average molecular weight is 569 g/mol. The molecule has 0 radical (unpaired) electrons. The van der Waals surface area contributed by atoms with Crippen LogP contribution in [0, 0.1) is 12.7 Å². The van der Waals surface area contributed by atoms with E-state index in [1.54, 1.807) is 12.1 Å². The van der Waals surface area contributed by atoms with Gasteiger partial charge >= 0.3 is 0 Å². The molecule has 39 heavy (non-hydrogen) atoms. The third-order valence-corrected chi connectivity index (χ3v) is 8.20. The van der Waals surface area contributed by atoms with Gasteiger partial charge in [-0.2, -0.15) is 5.10 Å². The van der Waals surface area contributed by atoms with Crippen molar-refractivity contribution < 1.29 is 14.0 Å². The Kier molecular flexibility index (Phi) is 8.87. The van der Waals surface area contributed by atoms with Gasteiger partial charge in [-0.3, -0.25) is 9.59 Å². The van der Waals surface area contributed by atoms with Crippen LogP contribution in [-0.2, 0) is 23.1 Å². The number of nitrogens with zero attached hydrogens (tertiary/aromatic N) is 3. The quantitative estimate of drug-likeness (QED) is 0.223. The van der Waals surface area contributed by atoms with Gasteiger partial charge in [0, 0.05) is 29.2 Å². The monoisotopic (exact) mass is 567 g/mol. The maximum Gasteiger partial charge on any atom is 0.254 e. The number of likely N-dealkylation sites (tertiary alicyclic amines) is 1. The van der Waals surface area contributed by atoms with Gasteiger partial charge in [-0.25, -0.2) is 4.39 Å². The van der Waals surface area contributed by atoms with E-state index in [0.29, 0.717) is 60.1 Å². The fourth-order valence-electron chi connectivity index (χ4n) is 5.38. The molecule has 0 saturated carbocycles. The number of hydrogen-bond acceptors (Lipinski definition) is 4. The molecule has 1 saturated heterocycles. The number of aromatic nitrogens is 2. The van der Waals surface area contributed by atoms with E-state index in [1.807, 2.05) is 43.0 Å². The number of benzene rings is 2. The van der Waals surface area contributed by atoms with Gasteiger partial charge in [0.25, 0.3) is 5.91 Å². The summed E-state index contributed by atoms with van der Waals surface area (Å²) in [6, 6.07) is 11.9. The second-order valence-corrected chi connectivity index (χ2v) is 11.2. The molecule has 0 unspecified atom stereocenters. The minimum Gasteiger partial charge on any atom is -0.339 e. The topological polar surface area (TPSA) is 63.2 Å². The fraction of sp³-hybridized carbons (Fsp3) is 0.355. The molecular formula is C31H32Cl2FN3O2. The molecule has 1 aliphatic rings. The number of aryl methyl sites for hydroxylation is 3. The van der Waals surface area contributed by atoms with E-state index in [-0.39, 0.29) is 17.1 Å². The highest BCUT2D eigenvalue weighted by atomic mass is 35.5. The second-order valence-electron chi connectivity index (χ2n) is 10.4. The Hall–Kier alpha value is -3.09. The van der Waals surface area contributed by atoms with Crippen molar-refractivity contribution in [3.8, 4) is 0 Å². The van der Waals surface area contributed by atoms with E-state index in [9.17, 15) is 14.0 Å². The van der Waals surface area contributed by atoms with Crippen molar-refractivity contribution >= 4 is 40.5 Å². The second kappa shape index (κ2) is 12.0. The van der Waals surface area contributed by atoms with Crippen LogP contribution >= 0.6 is 23.2 Å². The summed E-state index contributed by atoms with van der Waals surface area (Å²) in [4.78, 5) is 27.9. The normalized spacial score (nSPS) is 15.4. The van der Waals surface area contributed by atoms with Crippen molar-refractivity contribution in [3.05, 3.63) is 98.0 Å². The molecule has 0 spiro atoms. The van der Waals surface area contributed by atoms with Crippen LogP contribution in [0.1, 0.15) is 71.9 Å². The largest absolute Gasteiger partial charge is 0.339 e. The molecule has 4 rings (SSSR count). The van der Waals surface area contributed by atoms with Crippen LogP contribution in [0.4, 0.5) is 4.39 Å². The Morgan fingerprint density at radius 1 is 1.00 bits per heavy atom. The predicted molar refractivity (Wildman–Crippen MR) is 154 cm³/mol. The number of carbonyl (C=O) groups excluding carboxylic acids is 2. The smallest absolute Gasteiger partial charge is 0.254 e. The number of amides is 1. The molecule has 0 aliphatic carbocycles. The van der Waals surface area contributed by atoms with Crippen LogP contribution in [0.2, 0.25) is 10.2 Å². The van der Waals surface area contributed by atoms with E-state index in [2.05, 4.69) is 17.1 Å². The highest BCUT2D eigenvalue weighted by Gasteiger charge is 2.36. The lowest BCUT2D eigenvalue weighted by Gasteiger charge is -2.41. The summed E-state index contributed by atoms with van der Waals surface area (Å²) < 4.78 is 13.9. The van der Waals surface area contributed by atoms with Gasteiger partial charge in [-0.05, 0) is 104 Å². The summed E-state index contributed by atoms with van der Waals surface area (Å²) in [7, 11) is 0. The van der Waals surface area contributed by atoms with Crippen molar-refractivity contribution in [1.29, 1.82) is 0 Å². The molecule has 2 heterocycles. The molecule has 0 bridgehead atoms. The Morgan fingerprint density at radius 3 is 2.36 bits per heavy atom. The lowest BCUT2D eigenvalue weighted by Crippen LogP contribution is -2.44. The van der Waals surface area contributed by atoms with Crippen molar-refractivity contribution in [3.63, 3.8) is 0 Å². The highest BCUT2D eigenvalue weighted by molar-refractivity contribution is 6.31. The van der Waals surface area contributed by atoms with E-state index >= 15 is 0 Å². The third kappa shape index (κ3) is 6.39. The maximum atomic E-state index is 13.9. The molecule has 1 amide bonds. The van der Waals surface area contributed by atoms with Gasteiger partial charge in [-0.1, -0.05) is 48.3 Å². The number of Topliss-reactive ketones (excluding diaryl/α,β-unsaturated/α-hetero) is 1. The summed E-state index contributed by atoms with van der Waals surface area (Å²) in [5.74, 6) is -0.627. The molecule has 8 heteroatoms. The van der Waals surface area contributed by atoms with Gasteiger partial charge < -0.3 is 4.90 Å². The van der Waals surface area contributed by atoms with Crippen LogP contribution in [0.5, 0.6) is 0 Å².